The van der Waals surface area contributed by atoms with Gasteiger partial charge in [-0.25, -0.2) is 0 Å². The molecule has 24 heavy (non-hydrogen) atoms. The Kier molecular flexibility index (Phi) is 8.90. The van der Waals surface area contributed by atoms with Gasteiger partial charge in [0.1, 0.15) is 0 Å². The fourth-order valence-electron chi connectivity index (χ4n) is 3.34. The molecular formula is C21H34N2O. The molecule has 0 aromatic heterocycles. The van der Waals surface area contributed by atoms with E-state index in [0.29, 0.717) is 0 Å². The largest absolute Gasteiger partial charge is 0.326 e. The zero-order chi connectivity index (χ0) is 17.0. The fourth-order valence-corrected chi connectivity index (χ4v) is 3.34. The average molecular weight is 331 g/mol. The minimum atomic E-state index is 0.127. The Morgan fingerprint density at radius 1 is 1.04 bits per heavy atom. The monoisotopic (exact) mass is 330 g/mol. The number of hydrogen-bond donors (Lipinski definition) is 2. The van der Waals surface area contributed by atoms with Gasteiger partial charge in [-0.05, 0) is 43.5 Å². The number of rotatable bonds is 11. The van der Waals surface area contributed by atoms with Crippen LogP contribution in [0.25, 0.3) is 0 Å². The second-order valence-electron chi connectivity index (χ2n) is 7.10. The molecule has 1 heterocycles. The van der Waals surface area contributed by atoms with Crippen molar-refractivity contribution in [3.8, 4) is 0 Å². The first-order chi connectivity index (χ1) is 11.8. The Hall–Kier alpha value is -1.35. The Bertz CT molecular complexity index is 463. The molecule has 0 aliphatic carbocycles. The maximum atomic E-state index is 12.1. The summed E-state index contributed by atoms with van der Waals surface area (Å²) in [5.41, 5.74) is 2.30. The van der Waals surface area contributed by atoms with Crippen LogP contribution in [0, 0.1) is 5.92 Å². The van der Waals surface area contributed by atoms with Gasteiger partial charge in [-0.1, -0.05) is 64.0 Å². The summed E-state index contributed by atoms with van der Waals surface area (Å²) in [5, 5.41) is 6.27. The number of amides is 1. The first-order valence-electron chi connectivity index (χ1n) is 9.90. The molecule has 1 atom stereocenters. The Balaban J connectivity index is 1.59. The van der Waals surface area contributed by atoms with Crippen LogP contribution >= 0.6 is 0 Å². The van der Waals surface area contributed by atoms with E-state index in [9.17, 15) is 4.79 Å². The van der Waals surface area contributed by atoms with Gasteiger partial charge < -0.3 is 10.6 Å². The molecule has 1 aromatic carbocycles. The van der Waals surface area contributed by atoms with Gasteiger partial charge in [0.05, 0.1) is 5.92 Å². The summed E-state index contributed by atoms with van der Waals surface area (Å²) in [5.74, 6) is 0.276. The van der Waals surface area contributed by atoms with Crippen LogP contribution in [0.15, 0.2) is 24.3 Å². The summed E-state index contributed by atoms with van der Waals surface area (Å²) < 4.78 is 0. The smallest absolute Gasteiger partial charge is 0.228 e. The van der Waals surface area contributed by atoms with Crippen LogP contribution in [0.5, 0.6) is 0 Å². The van der Waals surface area contributed by atoms with Gasteiger partial charge >= 0.3 is 0 Å². The van der Waals surface area contributed by atoms with Crippen LogP contribution in [0.1, 0.15) is 70.3 Å². The van der Waals surface area contributed by atoms with E-state index in [2.05, 4.69) is 29.7 Å². The van der Waals surface area contributed by atoms with E-state index in [1.165, 1.54) is 56.9 Å². The topological polar surface area (TPSA) is 41.1 Å². The van der Waals surface area contributed by atoms with Crippen molar-refractivity contribution < 1.29 is 4.79 Å². The molecule has 1 aliphatic rings. The third-order valence-electron chi connectivity index (χ3n) is 4.97. The van der Waals surface area contributed by atoms with Crippen molar-refractivity contribution in [2.75, 3.05) is 18.4 Å². The average Bonchev–Trinajstić information content (AvgIpc) is 3.13. The zero-order valence-corrected chi connectivity index (χ0v) is 15.3. The lowest BCUT2D eigenvalue weighted by Gasteiger charge is -2.10. The fraction of sp³-hybridized carbons (Fsp3) is 0.667. The minimum Gasteiger partial charge on any atom is -0.326 e. The Morgan fingerprint density at radius 2 is 1.71 bits per heavy atom. The molecular weight excluding hydrogens is 296 g/mol. The van der Waals surface area contributed by atoms with E-state index in [0.717, 1.165) is 31.6 Å². The van der Waals surface area contributed by atoms with Gasteiger partial charge in [0.2, 0.25) is 5.91 Å². The van der Waals surface area contributed by atoms with E-state index in [4.69, 9.17) is 0 Å². The number of nitrogens with one attached hydrogen (secondary N) is 2. The quantitative estimate of drug-likeness (QED) is 0.566. The van der Waals surface area contributed by atoms with E-state index < -0.39 is 0 Å². The number of benzene rings is 1. The molecule has 0 radical (unpaired) electrons. The Labute approximate surface area is 147 Å². The maximum Gasteiger partial charge on any atom is 0.228 e. The van der Waals surface area contributed by atoms with Crippen molar-refractivity contribution >= 4 is 11.6 Å². The van der Waals surface area contributed by atoms with E-state index in [1.54, 1.807) is 0 Å². The number of aryl methyl sites for hydroxylation is 1. The normalized spacial score (nSPS) is 17.1. The summed E-state index contributed by atoms with van der Waals surface area (Å²) in [7, 11) is 0. The van der Waals surface area contributed by atoms with Crippen molar-refractivity contribution in [2.45, 2.75) is 71.1 Å². The number of carbonyl (C=O) groups excluding carboxylic acids is 1. The van der Waals surface area contributed by atoms with E-state index >= 15 is 0 Å². The summed E-state index contributed by atoms with van der Waals surface area (Å²) in [6.07, 6.45) is 13.0. The number of unbranched alkanes of at least 4 members (excludes halogenated alkanes) is 7. The van der Waals surface area contributed by atoms with Gasteiger partial charge in [-0.2, -0.15) is 0 Å². The first-order valence-corrected chi connectivity index (χ1v) is 9.90. The molecule has 0 spiro atoms. The van der Waals surface area contributed by atoms with Gasteiger partial charge in [0.15, 0.2) is 0 Å². The predicted molar refractivity (Wildman–Crippen MR) is 102 cm³/mol. The zero-order valence-electron chi connectivity index (χ0n) is 15.3. The molecule has 3 nitrogen and oxygen atoms in total. The molecule has 1 saturated heterocycles. The van der Waals surface area contributed by atoms with Crippen molar-refractivity contribution in [3.63, 3.8) is 0 Å². The molecule has 2 rings (SSSR count). The second kappa shape index (κ2) is 11.2. The molecule has 1 aromatic rings. The molecule has 2 N–H and O–H groups in total. The van der Waals surface area contributed by atoms with Crippen LogP contribution in [0.2, 0.25) is 0 Å². The van der Waals surface area contributed by atoms with Crippen molar-refractivity contribution in [2.24, 2.45) is 5.92 Å². The van der Waals surface area contributed by atoms with Crippen LogP contribution < -0.4 is 10.6 Å². The highest BCUT2D eigenvalue weighted by molar-refractivity contribution is 5.92. The lowest BCUT2D eigenvalue weighted by Crippen LogP contribution is -2.24. The molecule has 1 amide bonds. The summed E-state index contributed by atoms with van der Waals surface area (Å²) >= 11 is 0. The number of anilines is 1. The van der Waals surface area contributed by atoms with Crippen LogP contribution in [0.3, 0.4) is 0 Å². The Morgan fingerprint density at radius 3 is 2.33 bits per heavy atom. The third-order valence-corrected chi connectivity index (χ3v) is 4.97. The molecule has 0 unspecified atom stereocenters. The van der Waals surface area contributed by atoms with E-state index in [-0.39, 0.29) is 11.8 Å². The molecule has 134 valence electrons. The first kappa shape index (κ1) is 19.0. The van der Waals surface area contributed by atoms with Crippen molar-refractivity contribution in [1.29, 1.82) is 0 Å². The highest BCUT2D eigenvalue weighted by atomic mass is 16.1. The van der Waals surface area contributed by atoms with Crippen molar-refractivity contribution in [3.05, 3.63) is 29.8 Å². The standard InChI is InChI=1S/C21H34N2O/c1-2-3-4-5-6-7-8-9-10-18-11-13-20(14-12-18)23-21(24)19-15-16-22-17-19/h11-14,19,22H,2-10,15-17H2,1H3,(H,23,24)/t19-/m1/s1. The molecule has 0 saturated carbocycles. The van der Waals surface area contributed by atoms with Gasteiger partial charge in [-0.3, -0.25) is 4.79 Å². The summed E-state index contributed by atoms with van der Waals surface area (Å²) in [6, 6.07) is 8.40. The lowest BCUT2D eigenvalue weighted by molar-refractivity contribution is -0.119. The van der Waals surface area contributed by atoms with Gasteiger partial charge in [0, 0.05) is 12.2 Å². The number of hydrogen-bond acceptors (Lipinski definition) is 2. The maximum absolute atomic E-state index is 12.1. The molecule has 1 aliphatic heterocycles. The lowest BCUT2D eigenvalue weighted by atomic mass is 10.0. The van der Waals surface area contributed by atoms with Crippen LogP contribution in [-0.2, 0) is 11.2 Å². The summed E-state index contributed by atoms with van der Waals surface area (Å²) in [6.45, 7) is 4.03. The molecule has 0 bridgehead atoms. The highest BCUT2D eigenvalue weighted by Gasteiger charge is 2.22. The molecule has 1 fully saturated rings. The summed E-state index contributed by atoms with van der Waals surface area (Å²) in [4.78, 5) is 12.1. The highest BCUT2D eigenvalue weighted by Crippen LogP contribution is 2.16. The van der Waals surface area contributed by atoms with Crippen molar-refractivity contribution in [1.82, 2.24) is 5.32 Å². The van der Waals surface area contributed by atoms with E-state index in [1.807, 2.05) is 12.1 Å². The van der Waals surface area contributed by atoms with Gasteiger partial charge in [0.25, 0.3) is 0 Å². The van der Waals surface area contributed by atoms with Crippen LogP contribution in [0.4, 0.5) is 5.69 Å². The number of carbonyl (C=O) groups is 1. The van der Waals surface area contributed by atoms with Crippen LogP contribution in [-0.4, -0.2) is 19.0 Å². The van der Waals surface area contributed by atoms with Gasteiger partial charge in [-0.15, -0.1) is 0 Å². The second-order valence-corrected chi connectivity index (χ2v) is 7.10. The third kappa shape index (κ3) is 7.04. The minimum absolute atomic E-state index is 0.127. The predicted octanol–water partition coefficient (Wildman–Crippen LogP) is 4.92. The molecule has 3 heteroatoms. The SMILES string of the molecule is CCCCCCCCCCc1ccc(NC(=O)[C@@H]2CCNC2)cc1.